The Balaban J connectivity index is 2.23. The van der Waals surface area contributed by atoms with Gasteiger partial charge in [0.05, 0.1) is 0 Å². The molecule has 1 aromatic rings. The van der Waals surface area contributed by atoms with Gasteiger partial charge in [-0.25, -0.2) is 12.8 Å². The van der Waals surface area contributed by atoms with Crippen molar-refractivity contribution in [2.24, 2.45) is 5.92 Å². The summed E-state index contributed by atoms with van der Waals surface area (Å²) >= 11 is 0. The maximum Gasteiger partial charge on any atom is 0.245 e. The van der Waals surface area contributed by atoms with Gasteiger partial charge in [-0.3, -0.25) is 0 Å². The minimum Gasteiger partial charge on any atom is -0.399 e. The fourth-order valence-corrected chi connectivity index (χ4v) is 3.88. The predicted octanol–water partition coefficient (Wildman–Crippen LogP) is 0.801. The maximum absolute atomic E-state index is 13.7. The van der Waals surface area contributed by atoms with Crippen molar-refractivity contribution in [3.8, 4) is 0 Å². The number of benzene rings is 1. The van der Waals surface area contributed by atoms with Gasteiger partial charge in [-0.15, -0.1) is 0 Å². The summed E-state index contributed by atoms with van der Waals surface area (Å²) in [6.07, 6.45) is 1.26. The van der Waals surface area contributed by atoms with Gasteiger partial charge in [0.1, 0.15) is 10.7 Å². The van der Waals surface area contributed by atoms with Crippen LogP contribution in [0, 0.1) is 11.7 Å². The van der Waals surface area contributed by atoms with Crippen molar-refractivity contribution >= 4 is 15.7 Å². The summed E-state index contributed by atoms with van der Waals surface area (Å²) in [5.41, 5.74) is 5.60. The fourth-order valence-electron chi connectivity index (χ4n) is 2.30. The van der Waals surface area contributed by atoms with Crippen LogP contribution in [0.25, 0.3) is 0 Å². The smallest absolute Gasteiger partial charge is 0.245 e. The molecule has 1 aliphatic heterocycles. The van der Waals surface area contributed by atoms with Crippen LogP contribution < -0.4 is 5.73 Å². The average Bonchev–Trinajstić information content (AvgIpc) is 2.78. The molecule has 0 aromatic heterocycles. The Labute approximate surface area is 111 Å². The lowest BCUT2D eigenvalue weighted by Crippen LogP contribution is -2.29. The van der Waals surface area contributed by atoms with Crippen molar-refractivity contribution in [2.75, 3.05) is 25.4 Å². The first-order valence-corrected chi connectivity index (χ1v) is 7.55. The summed E-state index contributed by atoms with van der Waals surface area (Å²) in [6, 6.07) is 3.57. The van der Waals surface area contributed by atoms with E-state index in [4.69, 9.17) is 10.8 Å². The first-order valence-electron chi connectivity index (χ1n) is 6.11. The summed E-state index contributed by atoms with van der Waals surface area (Å²) in [5.74, 6) is -0.692. The molecule has 19 heavy (non-hydrogen) atoms. The third-order valence-electron chi connectivity index (χ3n) is 3.36. The highest BCUT2D eigenvalue weighted by Crippen LogP contribution is 2.27. The molecular formula is C12H17FN2O3S. The van der Waals surface area contributed by atoms with Crippen molar-refractivity contribution in [3.63, 3.8) is 0 Å². The van der Waals surface area contributed by atoms with Crippen LogP contribution in [0.5, 0.6) is 0 Å². The van der Waals surface area contributed by atoms with Crippen LogP contribution in [0.2, 0.25) is 0 Å². The van der Waals surface area contributed by atoms with Gasteiger partial charge in [-0.1, -0.05) is 0 Å². The quantitative estimate of drug-likeness (QED) is 0.803. The first kappa shape index (κ1) is 14.2. The fraction of sp³-hybridized carbons (Fsp3) is 0.500. The molecule has 1 unspecified atom stereocenters. The molecule has 0 radical (unpaired) electrons. The van der Waals surface area contributed by atoms with Gasteiger partial charge in [0.2, 0.25) is 10.0 Å². The summed E-state index contributed by atoms with van der Waals surface area (Å²) in [5, 5.41) is 8.87. The monoisotopic (exact) mass is 288 g/mol. The molecule has 1 aromatic carbocycles. The van der Waals surface area contributed by atoms with E-state index < -0.39 is 15.8 Å². The molecule has 5 nitrogen and oxygen atoms in total. The number of nitrogens with zero attached hydrogens (tertiary/aromatic N) is 1. The number of nitrogens with two attached hydrogens (primary N) is 1. The van der Waals surface area contributed by atoms with Crippen molar-refractivity contribution in [2.45, 2.75) is 17.7 Å². The molecule has 1 aliphatic rings. The third-order valence-corrected chi connectivity index (χ3v) is 5.26. The molecule has 1 heterocycles. The van der Waals surface area contributed by atoms with E-state index in [1.807, 2.05) is 0 Å². The summed E-state index contributed by atoms with van der Waals surface area (Å²) in [7, 11) is -3.82. The zero-order chi connectivity index (χ0) is 14.0. The Hall–Kier alpha value is -1.18. The van der Waals surface area contributed by atoms with E-state index >= 15 is 0 Å². The number of aliphatic hydroxyl groups is 1. The number of anilines is 1. The molecule has 0 bridgehead atoms. The van der Waals surface area contributed by atoms with E-state index in [1.165, 1.54) is 16.4 Å². The number of aliphatic hydroxyl groups excluding tert-OH is 1. The topological polar surface area (TPSA) is 83.6 Å². The minimum atomic E-state index is -3.82. The van der Waals surface area contributed by atoms with Crippen LogP contribution in [-0.2, 0) is 10.0 Å². The molecule has 2 rings (SSSR count). The Morgan fingerprint density at radius 2 is 2.21 bits per heavy atom. The molecular weight excluding hydrogens is 271 g/mol. The molecule has 0 saturated carbocycles. The lowest BCUT2D eigenvalue weighted by Gasteiger charge is -2.17. The molecule has 0 amide bonds. The van der Waals surface area contributed by atoms with Crippen molar-refractivity contribution in [1.29, 1.82) is 0 Å². The van der Waals surface area contributed by atoms with E-state index in [0.717, 1.165) is 6.07 Å². The molecule has 1 atom stereocenters. The highest BCUT2D eigenvalue weighted by Gasteiger charge is 2.33. The highest BCUT2D eigenvalue weighted by molar-refractivity contribution is 7.89. The summed E-state index contributed by atoms with van der Waals surface area (Å²) in [4.78, 5) is -0.341. The lowest BCUT2D eigenvalue weighted by molar-refractivity contribution is 0.259. The molecule has 7 heteroatoms. The van der Waals surface area contributed by atoms with E-state index in [1.54, 1.807) is 0 Å². The van der Waals surface area contributed by atoms with Gasteiger partial charge in [0, 0.05) is 25.4 Å². The average molecular weight is 288 g/mol. The van der Waals surface area contributed by atoms with Gasteiger partial charge in [0.15, 0.2) is 0 Å². The van der Waals surface area contributed by atoms with Crippen molar-refractivity contribution in [3.05, 3.63) is 24.0 Å². The van der Waals surface area contributed by atoms with Crippen molar-refractivity contribution in [1.82, 2.24) is 4.31 Å². The van der Waals surface area contributed by atoms with Gasteiger partial charge >= 0.3 is 0 Å². The molecule has 0 aliphatic carbocycles. The zero-order valence-electron chi connectivity index (χ0n) is 10.4. The van der Waals surface area contributed by atoms with E-state index in [2.05, 4.69) is 0 Å². The Bertz CT molecular complexity index is 562. The number of sulfonamides is 1. The normalized spacial score (nSPS) is 20.8. The van der Waals surface area contributed by atoms with Crippen molar-refractivity contribution < 1.29 is 17.9 Å². The van der Waals surface area contributed by atoms with Crippen LogP contribution in [0.4, 0.5) is 10.1 Å². The SMILES string of the molecule is Nc1ccc(S(=O)(=O)N2CCC(CCO)C2)c(F)c1. The molecule has 0 spiro atoms. The second-order valence-corrected chi connectivity index (χ2v) is 6.63. The molecule has 1 fully saturated rings. The number of nitrogen functional groups attached to an aromatic ring is 1. The lowest BCUT2D eigenvalue weighted by atomic mass is 10.1. The first-order chi connectivity index (χ1) is 8.95. The van der Waals surface area contributed by atoms with Gasteiger partial charge < -0.3 is 10.8 Å². The van der Waals surface area contributed by atoms with Crippen LogP contribution >= 0.6 is 0 Å². The zero-order valence-corrected chi connectivity index (χ0v) is 11.2. The summed E-state index contributed by atoms with van der Waals surface area (Å²) < 4.78 is 39.6. The predicted molar refractivity (Wildman–Crippen MR) is 69.4 cm³/mol. The minimum absolute atomic E-state index is 0.0365. The standard InChI is InChI=1S/C12H17FN2O3S/c13-11-7-10(14)1-2-12(11)19(17,18)15-5-3-9(8-15)4-6-16/h1-2,7,9,16H,3-6,8,14H2. The number of hydrogen-bond acceptors (Lipinski definition) is 4. The number of hydrogen-bond donors (Lipinski definition) is 2. The van der Waals surface area contributed by atoms with E-state index in [0.29, 0.717) is 25.9 Å². The molecule has 1 saturated heterocycles. The highest BCUT2D eigenvalue weighted by atomic mass is 32.2. The Kier molecular flexibility index (Phi) is 4.07. The van der Waals surface area contributed by atoms with Gasteiger partial charge in [-0.05, 0) is 37.0 Å². The van der Waals surface area contributed by atoms with Crippen LogP contribution in [0.3, 0.4) is 0 Å². The van der Waals surface area contributed by atoms with Gasteiger partial charge in [0.25, 0.3) is 0 Å². The third kappa shape index (κ3) is 2.88. The maximum atomic E-state index is 13.7. The van der Waals surface area contributed by atoms with E-state index in [-0.39, 0.29) is 23.1 Å². The van der Waals surface area contributed by atoms with Crippen LogP contribution in [0.15, 0.2) is 23.1 Å². The summed E-state index contributed by atoms with van der Waals surface area (Å²) in [6.45, 7) is 0.721. The number of halogens is 1. The largest absolute Gasteiger partial charge is 0.399 e. The Morgan fingerprint density at radius 1 is 1.47 bits per heavy atom. The molecule has 106 valence electrons. The van der Waals surface area contributed by atoms with Gasteiger partial charge in [-0.2, -0.15) is 4.31 Å². The van der Waals surface area contributed by atoms with Crippen LogP contribution in [-0.4, -0.2) is 37.5 Å². The number of rotatable bonds is 4. The van der Waals surface area contributed by atoms with E-state index in [9.17, 15) is 12.8 Å². The van der Waals surface area contributed by atoms with Crippen LogP contribution in [0.1, 0.15) is 12.8 Å². The second kappa shape index (κ2) is 5.44. The Morgan fingerprint density at radius 3 is 2.84 bits per heavy atom. The molecule has 3 N–H and O–H groups in total. The second-order valence-electron chi connectivity index (χ2n) is 4.72.